The lowest BCUT2D eigenvalue weighted by Crippen LogP contribution is -2.19. The predicted molar refractivity (Wildman–Crippen MR) is 73.5 cm³/mol. The molecule has 18 heavy (non-hydrogen) atoms. The van der Waals surface area contributed by atoms with Crippen molar-refractivity contribution >= 4 is 15.9 Å². The number of rotatable bonds is 8. The van der Waals surface area contributed by atoms with E-state index in [4.69, 9.17) is 9.47 Å². The highest BCUT2D eigenvalue weighted by atomic mass is 79.9. The fourth-order valence-electron chi connectivity index (χ4n) is 1.38. The van der Waals surface area contributed by atoms with E-state index in [0.717, 1.165) is 10.0 Å². The molecule has 0 unspecified atom stereocenters. The number of nitrogens with one attached hydrogen (secondary N) is 1. The molecule has 0 aliphatic rings. The topological polar surface area (TPSA) is 30.5 Å². The third-order valence-corrected chi connectivity index (χ3v) is 2.43. The average molecular weight is 318 g/mol. The van der Waals surface area contributed by atoms with E-state index in [1.54, 1.807) is 13.2 Å². The maximum atomic E-state index is 13.2. The Hall–Kier alpha value is -0.910. The molecule has 0 aromatic heterocycles. The zero-order valence-corrected chi connectivity index (χ0v) is 11.9. The standard InChI is InChI=1S/C13H17BrFNO2/c1-10(14)9-18-13-4-3-12(15)7-11(13)8-16-5-6-17-2/h3-4,7,16H,1,5-6,8-9H2,2H3. The van der Waals surface area contributed by atoms with Gasteiger partial charge in [0.15, 0.2) is 0 Å². The second kappa shape index (κ2) is 8.24. The normalized spacial score (nSPS) is 10.4. The van der Waals surface area contributed by atoms with Gasteiger partial charge in [-0.3, -0.25) is 0 Å². The fraction of sp³-hybridized carbons (Fsp3) is 0.385. The molecule has 0 atom stereocenters. The van der Waals surface area contributed by atoms with Gasteiger partial charge in [0.25, 0.3) is 0 Å². The Labute approximate surface area is 115 Å². The van der Waals surface area contributed by atoms with Gasteiger partial charge in [-0.05, 0) is 18.2 Å². The van der Waals surface area contributed by atoms with Crippen LogP contribution in [-0.2, 0) is 11.3 Å². The number of hydrogen-bond donors (Lipinski definition) is 1. The zero-order chi connectivity index (χ0) is 13.4. The van der Waals surface area contributed by atoms with Crippen LogP contribution in [0, 0.1) is 5.82 Å². The molecule has 1 aromatic rings. The van der Waals surface area contributed by atoms with Crippen LogP contribution in [0.4, 0.5) is 4.39 Å². The van der Waals surface area contributed by atoms with Crippen LogP contribution in [0.15, 0.2) is 29.3 Å². The molecule has 0 spiro atoms. The van der Waals surface area contributed by atoms with E-state index in [0.29, 0.717) is 32.1 Å². The molecule has 0 bridgehead atoms. The highest BCUT2D eigenvalue weighted by Crippen LogP contribution is 2.20. The van der Waals surface area contributed by atoms with E-state index in [9.17, 15) is 4.39 Å². The Kier molecular flexibility index (Phi) is 6.93. The Morgan fingerprint density at radius 2 is 2.28 bits per heavy atom. The molecule has 5 heteroatoms. The van der Waals surface area contributed by atoms with Gasteiger partial charge >= 0.3 is 0 Å². The minimum Gasteiger partial charge on any atom is -0.488 e. The predicted octanol–water partition coefficient (Wildman–Crippen LogP) is 2.85. The van der Waals surface area contributed by atoms with Gasteiger partial charge in [-0.25, -0.2) is 4.39 Å². The SMILES string of the molecule is C=C(Br)COc1ccc(F)cc1CNCCOC. The van der Waals surface area contributed by atoms with Crippen LogP contribution in [0.5, 0.6) is 5.75 Å². The summed E-state index contributed by atoms with van der Waals surface area (Å²) in [5, 5.41) is 3.15. The maximum Gasteiger partial charge on any atom is 0.124 e. The van der Waals surface area contributed by atoms with Crippen molar-refractivity contribution in [2.24, 2.45) is 0 Å². The van der Waals surface area contributed by atoms with Crippen molar-refractivity contribution in [3.63, 3.8) is 0 Å². The molecule has 0 heterocycles. The molecule has 0 aliphatic heterocycles. The van der Waals surface area contributed by atoms with Gasteiger partial charge in [0.1, 0.15) is 18.2 Å². The molecule has 1 N–H and O–H groups in total. The summed E-state index contributed by atoms with van der Waals surface area (Å²) in [7, 11) is 1.64. The monoisotopic (exact) mass is 317 g/mol. The Bertz CT molecular complexity index is 399. The second-order valence-corrected chi connectivity index (χ2v) is 4.85. The van der Waals surface area contributed by atoms with Crippen LogP contribution in [-0.4, -0.2) is 26.9 Å². The van der Waals surface area contributed by atoms with Gasteiger partial charge in [0.05, 0.1) is 6.61 Å². The fourth-order valence-corrected chi connectivity index (χ4v) is 1.49. The van der Waals surface area contributed by atoms with E-state index in [2.05, 4.69) is 27.8 Å². The van der Waals surface area contributed by atoms with Crippen LogP contribution in [0.2, 0.25) is 0 Å². The van der Waals surface area contributed by atoms with Crippen LogP contribution >= 0.6 is 15.9 Å². The van der Waals surface area contributed by atoms with Crippen LogP contribution in [0.1, 0.15) is 5.56 Å². The minimum atomic E-state index is -0.274. The third-order valence-electron chi connectivity index (χ3n) is 2.21. The van der Waals surface area contributed by atoms with Gasteiger partial charge in [-0.2, -0.15) is 0 Å². The van der Waals surface area contributed by atoms with Gasteiger partial charge in [0, 0.05) is 30.2 Å². The smallest absolute Gasteiger partial charge is 0.124 e. The Balaban J connectivity index is 2.61. The first-order valence-electron chi connectivity index (χ1n) is 5.57. The van der Waals surface area contributed by atoms with E-state index >= 15 is 0 Å². The molecule has 0 amide bonds. The highest BCUT2D eigenvalue weighted by molar-refractivity contribution is 9.11. The van der Waals surface area contributed by atoms with Crippen LogP contribution < -0.4 is 10.1 Å². The van der Waals surface area contributed by atoms with Crippen molar-refractivity contribution in [2.45, 2.75) is 6.54 Å². The summed E-state index contributed by atoms with van der Waals surface area (Å²) in [5.74, 6) is 0.380. The molecular formula is C13H17BrFNO2. The maximum absolute atomic E-state index is 13.2. The van der Waals surface area contributed by atoms with Crippen molar-refractivity contribution in [1.29, 1.82) is 0 Å². The first kappa shape index (κ1) is 15.1. The van der Waals surface area contributed by atoms with Crippen molar-refractivity contribution in [2.75, 3.05) is 26.9 Å². The summed E-state index contributed by atoms with van der Waals surface area (Å²) in [5.41, 5.74) is 0.778. The van der Waals surface area contributed by atoms with Crippen molar-refractivity contribution < 1.29 is 13.9 Å². The molecule has 1 aromatic carbocycles. The van der Waals surface area contributed by atoms with E-state index in [1.165, 1.54) is 12.1 Å². The molecule has 100 valence electrons. The third kappa shape index (κ3) is 5.62. The second-order valence-electron chi connectivity index (χ2n) is 3.73. The van der Waals surface area contributed by atoms with Crippen molar-refractivity contribution in [3.8, 4) is 5.75 Å². The lowest BCUT2D eigenvalue weighted by atomic mass is 10.2. The number of benzene rings is 1. The van der Waals surface area contributed by atoms with Gasteiger partial charge in [-0.15, -0.1) is 0 Å². The molecule has 0 fully saturated rings. The van der Waals surface area contributed by atoms with Gasteiger partial charge in [-0.1, -0.05) is 22.5 Å². The summed E-state index contributed by atoms with van der Waals surface area (Å²) in [4.78, 5) is 0. The van der Waals surface area contributed by atoms with Crippen molar-refractivity contribution in [1.82, 2.24) is 5.32 Å². The van der Waals surface area contributed by atoms with Crippen LogP contribution in [0.25, 0.3) is 0 Å². The summed E-state index contributed by atoms with van der Waals surface area (Å²) < 4.78 is 24.4. The minimum absolute atomic E-state index is 0.274. The largest absolute Gasteiger partial charge is 0.488 e. The Morgan fingerprint density at radius 1 is 1.50 bits per heavy atom. The van der Waals surface area contributed by atoms with E-state index < -0.39 is 0 Å². The summed E-state index contributed by atoms with van der Waals surface area (Å²) in [6.45, 7) is 5.90. The molecule has 1 rings (SSSR count). The van der Waals surface area contributed by atoms with E-state index in [-0.39, 0.29) is 5.82 Å². The van der Waals surface area contributed by atoms with Gasteiger partial charge in [0.2, 0.25) is 0 Å². The number of hydrogen-bond acceptors (Lipinski definition) is 3. The summed E-state index contributed by atoms with van der Waals surface area (Å²) in [6.07, 6.45) is 0. The van der Waals surface area contributed by atoms with Gasteiger partial charge < -0.3 is 14.8 Å². The first-order chi connectivity index (χ1) is 8.63. The number of ether oxygens (including phenoxy) is 2. The molecule has 0 aliphatic carbocycles. The Morgan fingerprint density at radius 3 is 2.94 bits per heavy atom. The summed E-state index contributed by atoms with van der Waals surface area (Å²) in [6, 6.07) is 4.47. The number of methoxy groups -OCH3 is 1. The molecule has 3 nitrogen and oxygen atoms in total. The van der Waals surface area contributed by atoms with Crippen molar-refractivity contribution in [3.05, 3.63) is 40.6 Å². The molecular weight excluding hydrogens is 301 g/mol. The van der Waals surface area contributed by atoms with E-state index in [1.807, 2.05) is 0 Å². The average Bonchev–Trinajstić information content (AvgIpc) is 2.33. The lowest BCUT2D eigenvalue weighted by Gasteiger charge is -2.12. The number of halogens is 2. The quantitative estimate of drug-likeness (QED) is 0.748. The molecule has 0 saturated heterocycles. The molecule has 0 saturated carbocycles. The van der Waals surface area contributed by atoms with Crippen LogP contribution in [0.3, 0.4) is 0 Å². The zero-order valence-electron chi connectivity index (χ0n) is 10.3. The lowest BCUT2D eigenvalue weighted by molar-refractivity contribution is 0.199. The highest BCUT2D eigenvalue weighted by Gasteiger charge is 2.05. The molecule has 0 radical (unpaired) electrons. The summed E-state index contributed by atoms with van der Waals surface area (Å²) >= 11 is 3.22. The first-order valence-corrected chi connectivity index (χ1v) is 6.37.